The van der Waals surface area contributed by atoms with Gasteiger partial charge in [0.25, 0.3) is 5.91 Å². The highest BCUT2D eigenvalue weighted by molar-refractivity contribution is 5.94. The molecule has 1 fully saturated rings. The molecule has 2 aliphatic rings. The maximum atomic E-state index is 12.8. The number of carbonyl (C=O) groups is 1. The first kappa shape index (κ1) is 14.4. The van der Waals surface area contributed by atoms with Crippen LogP contribution in [0.3, 0.4) is 0 Å². The van der Waals surface area contributed by atoms with Crippen molar-refractivity contribution in [3.05, 3.63) is 35.5 Å². The normalized spacial score (nSPS) is 20.6. The molecule has 7 nitrogen and oxygen atoms in total. The Bertz CT molecular complexity index is 690. The van der Waals surface area contributed by atoms with Crippen LogP contribution >= 0.6 is 0 Å². The van der Waals surface area contributed by atoms with Gasteiger partial charge in [0.15, 0.2) is 0 Å². The van der Waals surface area contributed by atoms with Crippen LogP contribution in [0.5, 0.6) is 0 Å². The number of furan rings is 1. The van der Waals surface area contributed by atoms with Crippen LogP contribution in [-0.2, 0) is 18.2 Å². The van der Waals surface area contributed by atoms with E-state index in [9.17, 15) is 4.79 Å². The highest BCUT2D eigenvalue weighted by Gasteiger charge is 2.35. The molecule has 0 saturated heterocycles. The maximum Gasteiger partial charge on any atom is 0.257 e. The number of carbonyl (C=O) groups excluding carboxylic acids is 1. The second-order valence-electron chi connectivity index (χ2n) is 6.30. The number of fused-ring (bicyclic) bond motifs is 1. The highest BCUT2D eigenvalue weighted by atomic mass is 16.5. The molecule has 7 heteroatoms. The monoisotopic (exact) mass is 316 g/mol. The molecule has 0 spiro atoms. The van der Waals surface area contributed by atoms with E-state index in [-0.39, 0.29) is 11.9 Å². The zero-order valence-electron chi connectivity index (χ0n) is 13.1. The number of ether oxygens (including phenoxy) is 1. The number of amides is 1. The lowest BCUT2D eigenvalue weighted by Crippen LogP contribution is -2.42. The van der Waals surface area contributed by atoms with Crippen LogP contribution in [0, 0.1) is 5.92 Å². The van der Waals surface area contributed by atoms with Crippen LogP contribution in [0.4, 0.5) is 0 Å². The van der Waals surface area contributed by atoms with Crippen LogP contribution in [-0.4, -0.2) is 45.6 Å². The predicted molar refractivity (Wildman–Crippen MR) is 80.7 cm³/mol. The van der Waals surface area contributed by atoms with Gasteiger partial charge in [-0.3, -0.25) is 9.48 Å². The number of hydrogen-bond acceptors (Lipinski definition) is 5. The van der Waals surface area contributed by atoms with E-state index in [0.29, 0.717) is 24.6 Å². The molecule has 1 atom stereocenters. The molecule has 122 valence electrons. The number of aromatic nitrogens is 3. The van der Waals surface area contributed by atoms with Gasteiger partial charge < -0.3 is 14.1 Å². The third-order valence-corrected chi connectivity index (χ3v) is 4.61. The first-order valence-electron chi connectivity index (χ1n) is 8.03. The van der Waals surface area contributed by atoms with Gasteiger partial charge in [0, 0.05) is 26.6 Å². The SMILES string of the molecule is Cn1nnc2c1CCN(C(=O)c1ccoc1)[C@H]2COCC1CC1. The van der Waals surface area contributed by atoms with Crippen molar-refractivity contribution in [2.75, 3.05) is 19.8 Å². The van der Waals surface area contributed by atoms with Gasteiger partial charge in [-0.15, -0.1) is 5.10 Å². The Labute approximate surface area is 134 Å². The summed E-state index contributed by atoms with van der Waals surface area (Å²) in [4.78, 5) is 14.6. The molecule has 2 aromatic heterocycles. The predicted octanol–water partition coefficient (Wildman–Crippen LogP) is 1.57. The molecule has 4 rings (SSSR count). The zero-order chi connectivity index (χ0) is 15.8. The molecule has 2 aromatic rings. The van der Waals surface area contributed by atoms with E-state index in [2.05, 4.69) is 10.3 Å². The summed E-state index contributed by atoms with van der Waals surface area (Å²) < 4.78 is 12.7. The van der Waals surface area contributed by atoms with Crippen molar-refractivity contribution < 1.29 is 13.9 Å². The molecule has 1 amide bonds. The largest absolute Gasteiger partial charge is 0.472 e. The van der Waals surface area contributed by atoms with Crippen LogP contribution in [0.1, 0.15) is 40.6 Å². The van der Waals surface area contributed by atoms with Gasteiger partial charge in [-0.05, 0) is 24.8 Å². The van der Waals surface area contributed by atoms with Gasteiger partial charge in [-0.1, -0.05) is 5.21 Å². The summed E-state index contributed by atoms with van der Waals surface area (Å²) in [5, 5.41) is 8.40. The van der Waals surface area contributed by atoms with Crippen LogP contribution in [0.2, 0.25) is 0 Å². The molecule has 1 aliphatic carbocycles. The van der Waals surface area contributed by atoms with Gasteiger partial charge in [-0.25, -0.2) is 0 Å². The Hall–Kier alpha value is -2.15. The van der Waals surface area contributed by atoms with Crippen molar-refractivity contribution in [1.29, 1.82) is 0 Å². The quantitative estimate of drug-likeness (QED) is 0.837. The first-order chi connectivity index (χ1) is 11.2. The Kier molecular flexibility index (Phi) is 3.65. The van der Waals surface area contributed by atoms with Crippen LogP contribution in [0.15, 0.2) is 23.0 Å². The molecule has 0 N–H and O–H groups in total. The smallest absolute Gasteiger partial charge is 0.257 e. The minimum atomic E-state index is -0.186. The molecule has 0 bridgehead atoms. The van der Waals surface area contributed by atoms with E-state index in [1.807, 2.05) is 11.9 Å². The standard InChI is InChI=1S/C16H20N4O3/c1-19-13-4-6-20(16(21)12-5-7-22-9-12)14(15(13)17-18-19)10-23-8-11-2-3-11/h5,7,9,11,14H,2-4,6,8,10H2,1H3/t14-/m0/s1. The number of aryl methyl sites for hydroxylation is 1. The molecule has 1 aliphatic heterocycles. The highest BCUT2D eigenvalue weighted by Crippen LogP contribution is 2.32. The number of nitrogens with zero attached hydrogens (tertiary/aromatic N) is 4. The topological polar surface area (TPSA) is 73.4 Å². The third-order valence-electron chi connectivity index (χ3n) is 4.61. The van der Waals surface area contributed by atoms with Crippen molar-refractivity contribution in [1.82, 2.24) is 19.9 Å². The second-order valence-corrected chi connectivity index (χ2v) is 6.30. The summed E-state index contributed by atoms with van der Waals surface area (Å²) in [7, 11) is 1.89. The zero-order valence-corrected chi connectivity index (χ0v) is 13.1. The van der Waals surface area contributed by atoms with E-state index in [1.165, 1.54) is 25.4 Å². The van der Waals surface area contributed by atoms with Gasteiger partial charge >= 0.3 is 0 Å². The molecule has 23 heavy (non-hydrogen) atoms. The van der Waals surface area contributed by atoms with E-state index in [0.717, 1.165) is 24.4 Å². The van der Waals surface area contributed by atoms with Crippen molar-refractivity contribution in [2.24, 2.45) is 13.0 Å². The fourth-order valence-electron chi connectivity index (χ4n) is 3.07. The fraction of sp³-hybridized carbons (Fsp3) is 0.562. The number of rotatable bonds is 5. The molecule has 0 unspecified atom stereocenters. The summed E-state index contributed by atoms with van der Waals surface area (Å²) in [5.74, 6) is 0.646. The van der Waals surface area contributed by atoms with Crippen LogP contribution < -0.4 is 0 Å². The summed E-state index contributed by atoms with van der Waals surface area (Å²) in [6, 6.07) is 1.50. The summed E-state index contributed by atoms with van der Waals surface area (Å²) in [6.07, 6.45) is 6.25. The summed E-state index contributed by atoms with van der Waals surface area (Å²) in [6.45, 7) is 1.86. The fourth-order valence-corrected chi connectivity index (χ4v) is 3.07. The van der Waals surface area contributed by atoms with Gasteiger partial charge in [0.2, 0.25) is 0 Å². The first-order valence-corrected chi connectivity index (χ1v) is 8.03. The molecule has 3 heterocycles. The summed E-state index contributed by atoms with van der Waals surface area (Å²) in [5.41, 5.74) is 2.50. The van der Waals surface area contributed by atoms with Crippen molar-refractivity contribution >= 4 is 5.91 Å². The van der Waals surface area contributed by atoms with Crippen molar-refractivity contribution in [3.8, 4) is 0 Å². The van der Waals surface area contributed by atoms with Gasteiger partial charge in [0.05, 0.1) is 24.1 Å². The number of hydrogen-bond donors (Lipinski definition) is 0. The van der Waals surface area contributed by atoms with E-state index < -0.39 is 0 Å². The Balaban J connectivity index is 1.57. The molecule has 1 saturated carbocycles. The Morgan fingerprint density at radius 3 is 3.04 bits per heavy atom. The van der Waals surface area contributed by atoms with Gasteiger partial charge in [0.1, 0.15) is 18.0 Å². The third kappa shape index (κ3) is 2.76. The molecular weight excluding hydrogens is 296 g/mol. The van der Waals surface area contributed by atoms with Crippen LogP contribution in [0.25, 0.3) is 0 Å². The summed E-state index contributed by atoms with van der Waals surface area (Å²) >= 11 is 0. The lowest BCUT2D eigenvalue weighted by Gasteiger charge is -2.34. The van der Waals surface area contributed by atoms with Gasteiger partial charge in [-0.2, -0.15) is 0 Å². The molecule has 0 radical (unpaired) electrons. The van der Waals surface area contributed by atoms with Crippen molar-refractivity contribution in [3.63, 3.8) is 0 Å². The average Bonchev–Trinajstić information content (AvgIpc) is 3.07. The lowest BCUT2D eigenvalue weighted by molar-refractivity contribution is 0.0355. The maximum absolute atomic E-state index is 12.8. The average molecular weight is 316 g/mol. The molecular formula is C16H20N4O3. The Morgan fingerprint density at radius 1 is 1.43 bits per heavy atom. The Morgan fingerprint density at radius 2 is 2.30 bits per heavy atom. The van der Waals surface area contributed by atoms with E-state index in [1.54, 1.807) is 10.7 Å². The minimum absolute atomic E-state index is 0.0462. The minimum Gasteiger partial charge on any atom is -0.472 e. The van der Waals surface area contributed by atoms with E-state index >= 15 is 0 Å². The second kappa shape index (κ2) is 5.81. The van der Waals surface area contributed by atoms with Crippen molar-refractivity contribution in [2.45, 2.75) is 25.3 Å². The lowest BCUT2D eigenvalue weighted by atomic mass is 10.0. The molecule has 0 aromatic carbocycles. The van der Waals surface area contributed by atoms with E-state index in [4.69, 9.17) is 9.15 Å².